The van der Waals surface area contributed by atoms with Crippen LogP contribution < -0.4 is 9.47 Å². The summed E-state index contributed by atoms with van der Waals surface area (Å²) >= 11 is 0. The lowest BCUT2D eigenvalue weighted by Crippen LogP contribution is -2.81. The topological polar surface area (TPSA) is 48.0 Å². The number of piperidine rings is 1. The normalized spacial score (nSPS) is 44.0. The molecule has 1 aromatic rings. The first-order valence-corrected chi connectivity index (χ1v) is 12.2. The molecule has 2 aliphatic heterocycles. The van der Waals surface area contributed by atoms with Gasteiger partial charge < -0.3 is 14.2 Å². The largest absolute Gasteiger partial charge is 0.493 e. The van der Waals surface area contributed by atoms with E-state index in [0.29, 0.717) is 6.04 Å². The molecule has 4 saturated carbocycles. The summed E-state index contributed by atoms with van der Waals surface area (Å²) in [4.78, 5) is 15.8. The van der Waals surface area contributed by atoms with Crippen molar-refractivity contribution in [2.24, 2.45) is 17.3 Å². The van der Waals surface area contributed by atoms with E-state index in [1.165, 1.54) is 30.5 Å². The van der Waals surface area contributed by atoms with E-state index in [1.54, 1.807) is 21.1 Å². The van der Waals surface area contributed by atoms with Crippen LogP contribution in [0.3, 0.4) is 0 Å². The van der Waals surface area contributed by atoms with Crippen molar-refractivity contribution in [3.8, 4) is 11.5 Å². The van der Waals surface area contributed by atoms with E-state index in [0.717, 1.165) is 56.1 Å². The number of nitrogens with zero attached hydrogens (tertiary/aromatic N) is 1. The maximum atomic E-state index is 13.0. The van der Waals surface area contributed by atoms with Gasteiger partial charge in [0.15, 0.2) is 11.5 Å². The lowest BCUT2D eigenvalue weighted by atomic mass is 9.34. The molecule has 0 amide bonds. The van der Waals surface area contributed by atoms with Crippen LogP contribution in [0.15, 0.2) is 12.1 Å². The van der Waals surface area contributed by atoms with Crippen molar-refractivity contribution in [2.75, 3.05) is 27.3 Å². The minimum absolute atomic E-state index is 0.0601. The fourth-order valence-corrected chi connectivity index (χ4v) is 9.02. The third kappa shape index (κ3) is 1.97. The number of ketones is 1. The fourth-order valence-electron chi connectivity index (χ4n) is 9.02. The number of methoxy groups -OCH3 is 2. The Bertz CT molecular complexity index is 988. The predicted molar refractivity (Wildman–Crippen MR) is 116 cm³/mol. The van der Waals surface area contributed by atoms with Gasteiger partial charge in [0.05, 0.1) is 13.0 Å². The second-order valence-corrected chi connectivity index (χ2v) is 11.2. The summed E-state index contributed by atoms with van der Waals surface area (Å²) in [5.74, 6) is 2.83. The molecule has 1 aromatic carbocycles. The highest BCUT2D eigenvalue weighted by Gasteiger charge is 2.81. The van der Waals surface area contributed by atoms with Gasteiger partial charge in [0, 0.05) is 36.1 Å². The van der Waals surface area contributed by atoms with Crippen LogP contribution in [0.5, 0.6) is 11.5 Å². The second kappa shape index (κ2) is 5.85. The number of ether oxygens (including phenoxy) is 3. The first kappa shape index (κ1) is 18.9. The summed E-state index contributed by atoms with van der Waals surface area (Å²) in [5.41, 5.74) is 2.34. The molecule has 8 rings (SSSR count). The maximum absolute atomic E-state index is 13.0. The maximum Gasteiger partial charge on any atom is 0.165 e. The van der Waals surface area contributed by atoms with Gasteiger partial charge in [-0.3, -0.25) is 9.69 Å². The number of carbonyl (C=O) groups excluding carboxylic acids is 1. The van der Waals surface area contributed by atoms with Crippen LogP contribution in [-0.2, 0) is 21.4 Å². The smallest absolute Gasteiger partial charge is 0.165 e. The molecule has 7 aliphatic rings. The Kier molecular flexibility index (Phi) is 3.57. The van der Waals surface area contributed by atoms with Gasteiger partial charge >= 0.3 is 0 Å². The van der Waals surface area contributed by atoms with E-state index < -0.39 is 5.60 Å². The van der Waals surface area contributed by atoms with Crippen LogP contribution in [0.4, 0.5) is 0 Å². The third-order valence-corrected chi connectivity index (χ3v) is 10.4. The Morgan fingerprint density at radius 1 is 1.23 bits per heavy atom. The summed E-state index contributed by atoms with van der Waals surface area (Å²) in [7, 11) is 3.54. The SMILES string of the molecule is COc1ccc2c3c1O[C@@H]1[C@]4(OC)CCC5(C[C@H]4C(C)=O)[C@H](C2)N(CC2CC2)CC[C@]315. The van der Waals surface area contributed by atoms with Crippen LogP contribution in [-0.4, -0.2) is 55.7 Å². The van der Waals surface area contributed by atoms with Crippen molar-refractivity contribution >= 4 is 5.78 Å². The van der Waals surface area contributed by atoms with Crippen molar-refractivity contribution < 1.29 is 19.0 Å². The van der Waals surface area contributed by atoms with Crippen molar-refractivity contribution in [3.05, 3.63) is 23.3 Å². The van der Waals surface area contributed by atoms with Crippen LogP contribution in [0, 0.1) is 17.3 Å². The molecule has 5 aliphatic carbocycles. The quantitative estimate of drug-likeness (QED) is 0.725. The molecule has 6 atom stereocenters. The summed E-state index contributed by atoms with van der Waals surface area (Å²) in [6, 6.07) is 4.87. The number of Topliss-reactive ketones (excluding diaryl/α,β-unsaturated/α-hetero) is 1. The summed E-state index contributed by atoms with van der Waals surface area (Å²) in [5, 5.41) is 0. The lowest BCUT2D eigenvalue weighted by Gasteiger charge is -2.73. The lowest BCUT2D eigenvalue weighted by molar-refractivity contribution is -0.271. The minimum atomic E-state index is -0.532. The number of hydrogen-bond donors (Lipinski definition) is 0. The number of likely N-dealkylation sites (tertiary alicyclic amines) is 1. The highest BCUT2D eigenvalue weighted by atomic mass is 16.6. The van der Waals surface area contributed by atoms with E-state index >= 15 is 0 Å². The Balaban J connectivity index is 1.49. The van der Waals surface area contributed by atoms with Gasteiger partial charge in [-0.05, 0) is 76.0 Å². The number of carbonyl (C=O) groups is 1. The van der Waals surface area contributed by atoms with Crippen molar-refractivity contribution in [3.63, 3.8) is 0 Å². The predicted octanol–water partition coefficient (Wildman–Crippen LogP) is 3.51. The van der Waals surface area contributed by atoms with E-state index in [4.69, 9.17) is 14.2 Å². The Morgan fingerprint density at radius 3 is 2.77 bits per heavy atom. The molecule has 166 valence electrons. The zero-order chi connectivity index (χ0) is 21.2. The highest BCUT2D eigenvalue weighted by molar-refractivity contribution is 5.81. The average Bonchev–Trinajstić information content (AvgIpc) is 3.52. The van der Waals surface area contributed by atoms with E-state index in [-0.39, 0.29) is 28.6 Å². The number of rotatable bonds is 5. The molecule has 5 heteroatoms. The third-order valence-electron chi connectivity index (χ3n) is 10.4. The first-order valence-electron chi connectivity index (χ1n) is 12.2. The van der Waals surface area contributed by atoms with Crippen LogP contribution in [0.1, 0.15) is 56.6 Å². The van der Waals surface area contributed by atoms with Gasteiger partial charge in [-0.1, -0.05) is 6.07 Å². The number of hydrogen-bond acceptors (Lipinski definition) is 5. The molecular weight excluding hydrogens is 390 g/mol. The van der Waals surface area contributed by atoms with E-state index in [1.807, 2.05) is 0 Å². The average molecular weight is 424 g/mol. The zero-order valence-corrected chi connectivity index (χ0v) is 18.9. The van der Waals surface area contributed by atoms with Gasteiger partial charge in [-0.15, -0.1) is 0 Å². The molecule has 5 fully saturated rings. The Morgan fingerprint density at radius 2 is 2.06 bits per heavy atom. The molecule has 2 spiro atoms. The van der Waals surface area contributed by atoms with Crippen molar-refractivity contribution in [2.45, 2.75) is 75.0 Å². The standard InChI is InChI=1S/C26H33NO4/c1-15(28)18-13-24-8-9-26(18,30-3)23-25(24)10-11-27(14-16-4-5-16)20(24)12-17-6-7-19(29-2)22(31-23)21(17)25/h6-7,16,18,20,23H,4-5,8-14H2,1-3H3/t18-,20-,23-,24?,25-,26-/m0/s1. The molecule has 31 heavy (non-hydrogen) atoms. The number of benzene rings is 1. The molecule has 2 heterocycles. The molecule has 1 saturated heterocycles. The molecule has 0 aromatic heterocycles. The molecule has 1 unspecified atom stereocenters. The summed E-state index contributed by atoms with van der Waals surface area (Å²) < 4.78 is 19.0. The molecule has 4 bridgehead atoms. The minimum Gasteiger partial charge on any atom is -0.493 e. The van der Waals surface area contributed by atoms with Crippen molar-refractivity contribution in [1.82, 2.24) is 4.90 Å². The van der Waals surface area contributed by atoms with Crippen LogP contribution >= 0.6 is 0 Å². The molecular formula is C26H33NO4. The van der Waals surface area contributed by atoms with Crippen molar-refractivity contribution in [1.29, 1.82) is 0 Å². The Labute approximate surface area is 184 Å². The monoisotopic (exact) mass is 423 g/mol. The van der Waals surface area contributed by atoms with Crippen LogP contribution in [0.2, 0.25) is 0 Å². The highest BCUT2D eigenvalue weighted by Crippen LogP contribution is 2.76. The molecule has 0 N–H and O–H groups in total. The van der Waals surface area contributed by atoms with Gasteiger partial charge in [-0.25, -0.2) is 0 Å². The van der Waals surface area contributed by atoms with Gasteiger partial charge in [0.25, 0.3) is 0 Å². The molecule has 5 nitrogen and oxygen atoms in total. The fraction of sp³-hybridized carbons (Fsp3) is 0.731. The first-order chi connectivity index (χ1) is 15.0. The van der Waals surface area contributed by atoms with Gasteiger partial charge in [0.1, 0.15) is 17.5 Å². The van der Waals surface area contributed by atoms with Gasteiger partial charge in [-0.2, -0.15) is 0 Å². The zero-order valence-electron chi connectivity index (χ0n) is 18.9. The molecule has 0 radical (unpaired) electrons. The van der Waals surface area contributed by atoms with Gasteiger partial charge in [0.2, 0.25) is 0 Å². The van der Waals surface area contributed by atoms with Crippen LogP contribution in [0.25, 0.3) is 0 Å². The summed E-state index contributed by atoms with van der Waals surface area (Å²) in [6.45, 7) is 4.13. The number of fused-ring (bicyclic) bond motifs is 2. The van der Waals surface area contributed by atoms with E-state index in [2.05, 4.69) is 17.0 Å². The van der Waals surface area contributed by atoms with E-state index in [9.17, 15) is 4.79 Å². The summed E-state index contributed by atoms with van der Waals surface area (Å²) in [6.07, 6.45) is 7.83. The Hall–Kier alpha value is -1.59. The second-order valence-electron chi connectivity index (χ2n) is 11.2.